The Bertz CT molecular complexity index is 364. The molecule has 3 nitrogen and oxygen atoms in total. The smallest absolute Gasteiger partial charge is 0.154 e. The molecule has 1 N–H and O–H groups in total. The molecule has 4 heteroatoms. The van der Waals surface area contributed by atoms with Gasteiger partial charge in [0.15, 0.2) is 9.84 Å². The lowest BCUT2D eigenvalue weighted by Crippen LogP contribution is -2.45. The average Bonchev–Trinajstić information content (AvgIpc) is 2.25. The maximum absolute atomic E-state index is 11.9. The summed E-state index contributed by atoms with van der Waals surface area (Å²) >= 11 is 0. The molecule has 0 saturated carbocycles. The number of hydrogen-bond donors (Lipinski definition) is 1. The molecule has 1 rings (SSSR count). The molecule has 1 fully saturated rings. The SMILES string of the molecule is CC#CCCC(NC)C1CCCCS1(=O)=O. The van der Waals surface area contributed by atoms with Crippen LogP contribution in [0.5, 0.6) is 0 Å². The maximum atomic E-state index is 11.9. The minimum absolute atomic E-state index is 0.0612. The van der Waals surface area contributed by atoms with Crippen LogP contribution in [-0.2, 0) is 9.84 Å². The van der Waals surface area contributed by atoms with Crippen molar-refractivity contribution in [2.24, 2.45) is 0 Å². The predicted molar refractivity (Wildman–Crippen MR) is 67.0 cm³/mol. The highest BCUT2D eigenvalue weighted by atomic mass is 32.2. The molecule has 92 valence electrons. The van der Waals surface area contributed by atoms with E-state index in [2.05, 4.69) is 17.2 Å². The summed E-state index contributed by atoms with van der Waals surface area (Å²) in [5.41, 5.74) is 0. The lowest BCUT2D eigenvalue weighted by atomic mass is 10.0. The van der Waals surface area contributed by atoms with Crippen molar-refractivity contribution in [2.75, 3.05) is 12.8 Å². The lowest BCUT2D eigenvalue weighted by molar-refractivity contribution is 0.442. The molecule has 0 amide bonds. The number of nitrogens with one attached hydrogen (secondary N) is 1. The van der Waals surface area contributed by atoms with E-state index in [-0.39, 0.29) is 11.3 Å². The molecule has 2 unspecified atom stereocenters. The van der Waals surface area contributed by atoms with Crippen LogP contribution < -0.4 is 5.32 Å². The van der Waals surface area contributed by atoms with Crippen LogP contribution >= 0.6 is 0 Å². The highest BCUT2D eigenvalue weighted by Gasteiger charge is 2.34. The van der Waals surface area contributed by atoms with E-state index >= 15 is 0 Å². The van der Waals surface area contributed by atoms with E-state index in [1.165, 1.54) is 0 Å². The number of hydrogen-bond acceptors (Lipinski definition) is 3. The van der Waals surface area contributed by atoms with Gasteiger partial charge in [0.25, 0.3) is 0 Å². The van der Waals surface area contributed by atoms with E-state index < -0.39 is 9.84 Å². The Labute approximate surface area is 98.9 Å². The molecule has 0 aromatic heterocycles. The standard InChI is InChI=1S/C12H21NO2S/c1-3-4-5-8-11(13-2)12-9-6-7-10-16(12,14)15/h11-13H,5-10H2,1-2H3. The Kier molecular flexibility index (Phi) is 5.30. The third-order valence-electron chi connectivity index (χ3n) is 3.21. The summed E-state index contributed by atoms with van der Waals surface area (Å²) in [4.78, 5) is 0. The molecule has 1 aliphatic heterocycles. The van der Waals surface area contributed by atoms with Crippen LogP contribution in [0.4, 0.5) is 0 Å². The Morgan fingerprint density at radius 2 is 2.19 bits per heavy atom. The van der Waals surface area contributed by atoms with Crippen molar-refractivity contribution in [3.63, 3.8) is 0 Å². The van der Waals surface area contributed by atoms with Crippen molar-refractivity contribution in [1.82, 2.24) is 5.32 Å². The van der Waals surface area contributed by atoms with Gasteiger partial charge in [-0.1, -0.05) is 6.42 Å². The molecule has 1 heterocycles. The first-order valence-electron chi connectivity index (χ1n) is 5.90. The molecular weight excluding hydrogens is 222 g/mol. The zero-order valence-electron chi connectivity index (χ0n) is 10.1. The molecule has 0 aromatic carbocycles. The Morgan fingerprint density at radius 3 is 2.75 bits per heavy atom. The van der Waals surface area contributed by atoms with Crippen LogP contribution in [0.15, 0.2) is 0 Å². The molecule has 0 aromatic rings. The average molecular weight is 243 g/mol. The van der Waals surface area contributed by atoms with E-state index in [9.17, 15) is 8.42 Å². The second kappa shape index (κ2) is 6.27. The van der Waals surface area contributed by atoms with Gasteiger partial charge >= 0.3 is 0 Å². The summed E-state index contributed by atoms with van der Waals surface area (Å²) in [5.74, 6) is 6.19. The van der Waals surface area contributed by atoms with Gasteiger partial charge in [-0.05, 0) is 33.2 Å². The fraction of sp³-hybridized carbons (Fsp3) is 0.833. The predicted octanol–water partition coefficient (Wildman–Crippen LogP) is 1.35. The minimum atomic E-state index is -2.88. The van der Waals surface area contributed by atoms with Gasteiger partial charge in [0.05, 0.1) is 11.0 Å². The number of rotatable bonds is 4. The van der Waals surface area contributed by atoms with Crippen LogP contribution in [0, 0.1) is 11.8 Å². The van der Waals surface area contributed by atoms with Crippen molar-refractivity contribution in [3.05, 3.63) is 0 Å². The summed E-state index contributed by atoms with van der Waals surface area (Å²) in [6.07, 6.45) is 4.24. The minimum Gasteiger partial charge on any atom is -0.316 e. The first-order chi connectivity index (χ1) is 7.61. The second-order valence-corrected chi connectivity index (χ2v) is 6.60. The Hall–Kier alpha value is -0.530. The third-order valence-corrected chi connectivity index (χ3v) is 5.55. The van der Waals surface area contributed by atoms with Crippen molar-refractivity contribution in [1.29, 1.82) is 0 Å². The van der Waals surface area contributed by atoms with Crippen LogP contribution in [0.3, 0.4) is 0 Å². The van der Waals surface area contributed by atoms with E-state index in [1.807, 2.05) is 14.0 Å². The summed E-state index contributed by atoms with van der Waals surface area (Å²) in [6.45, 7) is 1.81. The number of sulfone groups is 1. The summed E-state index contributed by atoms with van der Waals surface area (Å²) in [5, 5.41) is 2.94. The van der Waals surface area contributed by atoms with Gasteiger partial charge in [-0.3, -0.25) is 0 Å². The van der Waals surface area contributed by atoms with Gasteiger partial charge in [0.1, 0.15) is 0 Å². The third kappa shape index (κ3) is 3.50. The summed E-state index contributed by atoms with van der Waals surface area (Å²) < 4.78 is 23.9. The molecule has 0 aliphatic carbocycles. The van der Waals surface area contributed by atoms with Gasteiger partial charge in [-0.2, -0.15) is 0 Å². The largest absolute Gasteiger partial charge is 0.316 e. The first kappa shape index (κ1) is 13.5. The molecule has 1 aliphatic rings. The van der Waals surface area contributed by atoms with Gasteiger partial charge < -0.3 is 5.32 Å². The maximum Gasteiger partial charge on any atom is 0.154 e. The van der Waals surface area contributed by atoms with Gasteiger partial charge in [0, 0.05) is 12.5 Å². The summed E-state index contributed by atoms with van der Waals surface area (Å²) in [6, 6.07) is 0.0612. The quantitative estimate of drug-likeness (QED) is 0.758. The monoisotopic (exact) mass is 243 g/mol. The molecule has 0 bridgehead atoms. The molecule has 1 saturated heterocycles. The van der Waals surface area contributed by atoms with E-state index in [0.29, 0.717) is 5.75 Å². The van der Waals surface area contributed by atoms with Crippen molar-refractivity contribution < 1.29 is 8.42 Å². The lowest BCUT2D eigenvalue weighted by Gasteiger charge is -2.29. The summed E-state index contributed by atoms with van der Waals surface area (Å²) in [7, 11) is -1.04. The van der Waals surface area contributed by atoms with Crippen molar-refractivity contribution >= 4 is 9.84 Å². The van der Waals surface area contributed by atoms with Crippen molar-refractivity contribution in [3.8, 4) is 11.8 Å². The normalized spacial score (nSPS) is 25.5. The fourth-order valence-electron chi connectivity index (χ4n) is 2.30. The molecule has 0 radical (unpaired) electrons. The Balaban J connectivity index is 2.65. The highest BCUT2D eigenvalue weighted by molar-refractivity contribution is 7.92. The zero-order chi connectivity index (χ0) is 12.0. The molecule has 16 heavy (non-hydrogen) atoms. The molecule has 2 atom stereocenters. The van der Waals surface area contributed by atoms with Gasteiger partial charge in [-0.25, -0.2) is 8.42 Å². The molecular formula is C12H21NO2S. The van der Waals surface area contributed by atoms with E-state index in [4.69, 9.17) is 0 Å². The van der Waals surface area contributed by atoms with Crippen LogP contribution in [0.25, 0.3) is 0 Å². The van der Waals surface area contributed by atoms with E-state index in [1.54, 1.807) is 0 Å². The second-order valence-electron chi connectivity index (χ2n) is 4.26. The first-order valence-corrected chi connectivity index (χ1v) is 7.62. The van der Waals surface area contributed by atoms with Gasteiger partial charge in [0.2, 0.25) is 0 Å². The zero-order valence-corrected chi connectivity index (χ0v) is 10.9. The van der Waals surface area contributed by atoms with Crippen LogP contribution in [-0.4, -0.2) is 32.5 Å². The van der Waals surface area contributed by atoms with Gasteiger partial charge in [-0.15, -0.1) is 11.8 Å². The topological polar surface area (TPSA) is 46.2 Å². The Morgan fingerprint density at radius 1 is 1.44 bits per heavy atom. The van der Waals surface area contributed by atoms with E-state index in [0.717, 1.165) is 32.1 Å². The fourth-order valence-corrected chi connectivity index (χ4v) is 4.51. The van der Waals surface area contributed by atoms with Crippen molar-refractivity contribution in [2.45, 2.75) is 50.3 Å². The molecule has 0 spiro atoms. The van der Waals surface area contributed by atoms with Crippen LogP contribution in [0.1, 0.15) is 39.0 Å². The van der Waals surface area contributed by atoms with Crippen LogP contribution in [0.2, 0.25) is 0 Å². The highest BCUT2D eigenvalue weighted by Crippen LogP contribution is 2.24.